The van der Waals surface area contributed by atoms with Crippen molar-refractivity contribution in [3.05, 3.63) is 59.2 Å². The number of benzene rings is 2. The summed E-state index contributed by atoms with van der Waals surface area (Å²) >= 11 is 0. The van der Waals surface area contributed by atoms with E-state index in [2.05, 4.69) is 10.6 Å². The van der Waals surface area contributed by atoms with E-state index < -0.39 is 41.5 Å². The molecule has 4 N–H and O–H groups in total. The summed E-state index contributed by atoms with van der Waals surface area (Å²) in [7, 11) is 1.56. The molecule has 0 bridgehead atoms. The minimum Gasteiger partial charge on any atom is -0.497 e. The van der Waals surface area contributed by atoms with E-state index in [0.29, 0.717) is 23.4 Å². The minimum atomic E-state index is -1.14. The fourth-order valence-corrected chi connectivity index (χ4v) is 4.62. The molecular formula is C32H46N4O6. The summed E-state index contributed by atoms with van der Waals surface area (Å²) in [5.41, 5.74) is 7.64. The number of nitrogens with two attached hydrogens (primary N) is 1. The smallest absolute Gasteiger partial charge is 0.408 e. The van der Waals surface area contributed by atoms with Crippen molar-refractivity contribution in [3.8, 4) is 5.75 Å². The van der Waals surface area contributed by atoms with Crippen LogP contribution in [0.1, 0.15) is 82.5 Å². The van der Waals surface area contributed by atoms with E-state index in [1.807, 2.05) is 39.0 Å². The topological polar surface area (TPSA) is 140 Å². The second kappa shape index (κ2) is 15.8. The molecule has 0 fully saturated rings. The third kappa shape index (κ3) is 11.1. The molecular weight excluding hydrogens is 536 g/mol. The summed E-state index contributed by atoms with van der Waals surface area (Å²) < 4.78 is 10.6. The summed E-state index contributed by atoms with van der Waals surface area (Å²) in [6.45, 7) is 11.3. The van der Waals surface area contributed by atoms with E-state index in [1.165, 1.54) is 4.90 Å². The summed E-state index contributed by atoms with van der Waals surface area (Å²) in [6.07, 6.45) is 1.38. The lowest BCUT2D eigenvalue weighted by atomic mass is 9.97. The van der Waals surface area contributed by atoms with Crippen LogP contribution in [-0.4, -0.2) is 54.0 Å². The Bertz CT molecular complexity index is 1200. The van der Waals surface area contributed by atoms with Gasteiger partial charge in [-0.05, 0) is 77.3 Å². The van der Waals surface area contributed by atoms with Gasteiger partial charge in [-0.1, -0.05) is 49.1 Å². The van der Waals surface area contributed by atoms with Gasteiger partial charge >= 0.3 is 6.09 Å². The van der Waals surface area contributed by atoms with Crippen LogP contribution in [0.4, 0.5) is 10.5 Å². The van der Waals surface area contributed by atoms with Crippen molar-refractivity contribution < 1.29 is 28.7 Å². The maximum atomic E-state index is 14.3. The Morgan fingerprint density at radius 1 is 0.976 bits per heavy atom. The first-order valence-corrected chi connectivity index (χ1v) is 14.4. The van der Waals surface area contributed by atoms with Gasteiger partial charge in [-0.3, -0.25) is 14.4 Å². The van der Waals surface area contributed by atoms with Crippen molar-refractivity contribution in [2.24, 2.45) is 5.73 Å². The molecule has 0 saturated heterocycles. The van der Waals surface area contributed by atoms with Crippen LogP contribution in [0, 0.1) is 13.8 Å². The molecule has 2 aromatic carbocycles. The Labute approximate surface area is 249 Å². The van der Waals surface area contributed by atoms with Crippen LogP contribution in [-0.2, 0) is 19.1 Å². The van der Waals surface area contributed by atoms with Crippen LogP contribution < -0.4 is 21.1 Å². The van der Waals surface area contributed by atoms with Gasteiger partial charge < -0.3 is 30.7 Å². The average molecular weight is 583 g/mol. The Balaban J connectivity index is 2.58. The molecule has 230 valence electrons. The second-order valence-electron chi connectivity index (χ2n) is 11.5. The molecule has 0 aliphatic heterocycles. The molecule has 2 atom stereocenters. The van der Waals surface area contributed by atoms with E-state index >= 15 is 0 Å². The summed E-state index contributed by atoms with van der Waals surface area (Å²) in [4.78, 5) is 54.3. The number of aryl methyl sites for hydroxylation is 2. The number of anilines is 1. The molecule has 2 aromatic rings. The van der Waals surface area contributed by atoms with E-state index in [1.54, 1.807) is 52.1 Å². The molecule has 10 heteroatoms. The van der Waals surface area contributed by atoms with E-state index in [4.69, 9.17) is 15.2 Å². The summed E-state index contributed by atoms with van der Waals surface area (Å²) in [5, 5.41) is 5.57. The number of hydrogen-bond acceptors (Lipinski definition) is 6. The van der Waals surface area contributed by atoms with Crippen LogP contribution in [0.2, 0.25) is 0 Å². The molecule has 0 spiro atoms. The Morgan fingerprint density at radius 3 is 2.12 bits per heavy atom. The van der Waals surface area contributed by atoms with Crippen LogP contribution in [0.5, 0.6) is 5.75 Å². The van der Waals surface area contributed by atoms with Gasteiger partial charge in [0.1, 0.15) is 23.4 Å². The van der Waals surface area contributed by atoms with Gasteiger partial charge in [0.15, 0.2) is 0 Å². The molecule has 4 amide bonds. The zero-order chi connectivity index (χ0) is 31.4. The van der Waals surface area contributed by atoms with Crippen LogP contribution >= 0.6 is 0 Å². The first kappa shape index (κ1) is 34.1. The molecule has 42 heavy (non-hydrogen) atoms. The highest BCUT2D eigenvalue weighted by Crippen LogP contribution is 2.28. The highest BCUT2D eigenvalue weighted by Gasteiger charge is 2.36. The Hall–Kier alpha value is -4.08. The van der Waals surface area contributed by atoms with Crippen molar-refractivity contribution in [1.29, 1.82) is 0 Å². The Morgan fingerprint density at radius 2 is 1.60 bits per heavy atom. The van der Waals surface area contributed by atoms with Crippen LogP contribution in [0.3, 0.4) is 0 Å². The first-order chi connectivity index (χ1) is 19.7. The van der Waals surface area contributed by atoms with Gasteiger partial charge in [-0.2, -0.15) is 0 Å². The largest absolute Gasteiger partial charge is 0.497 e. The van der Waals surface area contributed by atoms with Crippen molar-refractivity contribution in [2.45, 2.75) is 91.3 Å². The number of hydrogen-bond donors (Lipinski definition) is 3. The lowest BCUT2D eigenvalue weighted by Gasteiger charge is -2.35. The monoisotopic (exact) mass is 582 g/mol. The number of carbonyl (C=O) groups is 4. The standard InChI is InChI=1S/C32H46N4O6/c1-8-9-10-17-36(30(39)26(15-16-27(33)37)35-31(40)42-32(4,5)6)28(23-19-21(2)18-22(3)20-23)29(38)34-24-11-13-25(41-7)14-12-24/h11-14,18-20,26,28H,8-10,15-17H2,1-7H3,(H2,33,37)(H,34,38)(H,35,40). The van der Waals surface area contributed by atoms with Gasteiger partial charge in [0.05, 0.1) is 7.11 Å². The molecule has 0 aliphatic rings. The van der Waals surface area contributed by atoms with Crippen molar-refractivity contribution in [1.82, 2.24) is 10.2 Å². The van der Waals surface area contributed by atoms with E-state index in [9.17, 15) is 19.2 Å². The fourth-order valence-electron chi connectivity index (χ4n) is 4.62. The minimum absolute atomic E-state index is 0.0443. The number of carbonyl (C=O) groups excluding carboxylic acids is 4. The highest BCUT2D eigenvalue weighted by atomic mass is 16.6. The fraction of sp³-hybridized carbons (Fsp3) is 0.500. The SMILES string of the molecule is CCCCCN(C(=O)C(CCC(N)=O)NC(=O)OC(C)(C)C)C(C(=O)Nc1ccc(OC)cc1)c1cc(C)cc(C)c1. The van der Waals surface area contributed by atoms with Gasteiger partial charge in [0.2, 0.25) is 11.8 Å². The predicted octanol–water partition coefficient (Wildman–Crippen LogP) is 5.17. The van der Waals surface area contributed by atoms with Crippen LogP contribution in [0.15, 0.2) is 42.5 Å². The van der Waals surface area contributed by atoms with Crippen molar-refractivity contribution in [2.75, 3.05) is 19.0 Å². The highest BCUT2D eigenvalue weighted by molar-refractivity contribution is 5.99. The molecule has 0 saturated carbocycles. The molecule has 0 radical (unpaired) electrons. The molecule has 2 unspecified atom stereocenters. The Kier molecular flexibility index (Phi) is 12.8. The molecule has 0 aliphatic carbocycles. The van der Waals surface area contributed by atoms with Crippen LogP contribution in [0.25, 0.3) is 0 Å². The zero-order valence-electron chi connectivity index (χ0n) is 25.9. The maximum absolute atomic E-state index is 14.3. The zero-order valence-corrected chi connectivity index (χ0v) is 25.9. The lowest BCUT2D eigenvalue weighted by molar-refractivity contribution is -0.141. The number of nitrogens with zero attached hydrogens (tertiary/aromatic N) is 1. The van der Waals surface area contributed by atoms with Gasteiger partial charge in [0.25, 0.3) is 5.91 Å². The number of primary amides is 1. The van der Waals surface area contributed by atoms with Gasteiger partial charge in [0, 0.05) is 18.7 Å². The molecule has 0 aromatic heterocycles. The predicted molar refractivity (Wildman–Crippen MR) is 163 cm³/mol. The third-order valence-corrected chi connectivity index (χ3v) is 6.43. The first-order valence-electron chi connectivity index (χ1n) is 14.4. The number of ether oxygens (including phenoxy) is 2. The summed E-state index contributed by atoms with van der Waals surface area (Å²) in [6, 6.07) is 10.5. The van der Waals surface area contributed by atoms with Gasteiger partial charge in [-0.25, -0.2) is 4.79 Å². The molecule has 10 nitrogen and oxygen atoms in total. The van der Waals surface area contributed by atoms with Crippen molar-refractivity contribution >= 4 is 29.5 Å². The second-order valence-corrected chi connectivity index (χ2v) is 11.5. The average Bonchev–Trinajstić information content (AvgIpc) is 2.89. The number of unbranched alkanes of at least 4 members (excludes halogenated alkanes) is 2. The van der Waals surface area contributed by atoms with E-state index in [-0.39, 0.29) is 19.4 Å². The maximum Gasteiger partial charge on any atom is 0.408 e. The van der Waals surface area contributed by atoms with E-state index in [0.717, 1.165) is 24.0 Å². The molecule has 0 heterocycles. The number of amides is 4. The van der Waals surface area contributed by atoms with Gasteiger partial charge in [-0.15, -0.1) is 0 Å². The normalized spacial score (nSPS) is 12.5. The number of methoxy groups -OCH3 is 1. The number of nitrogens with one attached hydrogen (secondary N) is 2. The third-order valence-electron chi connectivity index (χ3n) is 6.43. The molecule has 2 rings (SSSR count). The number of rotatable bonds is 14. The lowest BCUT2D eigenvalue weighted by Crippen LogP contribution is -2.52. The number of alkyl carbamates (subject to hydrolysis) is 1. The summed E-state index contributed by atoms with van der Waals surface area (Å²) in [5.74, 6) is -0.895. The van der Waals surface area contributed by atoms with Crippen molar-refractivity contribution in [3.63, 3.8) is 0 Å². The quantitative estimate of drug-likeness (QED) is 0.263.